The van der Waals surface area contributed by atoms with Crippen LogP contribution in [0, 0.1) is 5.41 Å². The molecule has 0 spiro atoms. The van der Waals surface area contributed by atoms with Crippen molar-refractivity contribution < 1.29 is 9.59 Å². The third kappa shape index (κ3) is 2.42. The van der Waals surface area contributed by atoms with Gasteiger partial charge in [-0.05, 0) is 37.5 Å². The van der Waals surface area contributed by atoms with Crippen molar-refractivity contribution in [3.05, 3.63) is 0 Å². The highest BCUT2D eigenvalue weighted by Crippen LogP contribution is 2.48. The maximum Gasteiger partial charge on any atom is 0.247 e. The van der Waals surface area contributed by atoms with Crippen molar-refractivity contribution in [3.8, 4) is 0 Å². The first-order chi connectivity index (χ1) is 9.15. The van der Waals surface area contributed by atoms with Gasteiger partial charge in [0.25, 0.3) is 0 Å². The van der Waals surface area contributed by atoms with Gasteiger partial charge in [-0.3, -0.25) is 14.5 Å². The van der Waals surface area contributed by atoms with E-state index in [1.807, 2.05) is 0 Å². The standard InChI is InChI=1S/C15H24N2O2/c1-2-15(7-8-15)10-16-12-9-13(18)17(14(12)19)11-5-3-4-6-11/h11-12,16H,2-10H2,1H3. The van der Waals surface area contributed by atoms with Crippen LogP contribution in [0.3, 0.4) is 0 Å². The molecule has 0 aromatic rings. The molecule has 3 fully saturated rings. The summed E-state index contributed by atoms with van der Waals surface area (Å²) in [4.78, 5) is 26.0. The summed E-state index contributed by atoms with van der Waals surface area (Å²) in [6.07, 6.45) is 8.37. The predicted molar refractivity (Wildman–Crippen MR) is 72.5 cm³/mol. The van der Waals surface area contributed by atoms with Crippen LogP contribution < -0.4 is 5.32 Å². The van der Waals surface area contributed by atoms with Crippen LogP contribution in [-0.4, -0.2) is 35.3 Å². The number of imide groups is 1. The third-order valence-corrected chi connectivity index (χ3v) is 5.30. The lowest BCUT2D eigenvalue weighted by Crippen LogP contribution is -2.44. The molecule has 4 heteroatoms. The van der Waals surface area contributed by atoms with E-state index in [1.165, 1.54) is 19.3 Å². The summed E-state index contributed by atoms with van der Waals surface area (Å²) in [6, 6.07) is -0.0648. The molecule has 4 nitrogen and oxygen atoms in total. The number of rotatable bonds is 5. The molecule has 2 amide bonds. The third-order valence-electron chi connectivity index (χ3n) is 5.30. The number of nitrogens with one attached hydrogen (secondary N) is 1. The van der Waals surface area contributed by atoms with Gasteiger partial charge in [0, 0.05) is 12.6 Å². The van der Waals surface area contributed by atoms with Gasteiger partial charge in [-0.25, -0.2) is 0 Å². The van der Waals surface area contributed by atoms with Gasteiger partial charge in [0.15, 0.2) is 0 Å². The lowest BCUT2D eigenvalue weighted by atomic mass is 10.0. The van der Waals surface area contributed by atoms with Crippen molar-refractivity contribution in [3.63, 3.8) is 0 Å². The first-order valence-corrected chi connectivity index (χ1v) is 7.74. The Kier molecular flexibility index (Phi) is 3.37. The fraction of sp³-hybridized carbons (Fsp3) is 0.867. The molecule has 1 saturated heterocycles. The minimum Gasteiger partial charge on any atom is -0.305 e. The van der Waals surface area contributed by atoms with E-state index in [-0.39, 0.29) is 23.9 Å². The summed E-state index contributed by atoms with van der Waals surface area (Å²) in [5, 5.41) is 3.36. The Labute approximate surface area is 114 Å². The molecule has 3 rings (SSSR count). The molecule has 1 unspecified atom stereocenters. The van der Waals surface area contributed by atoms with Crippen LogP contribution in [0.25, 0.3) is 0 Å². The molecular weight excluding hydrogens is 240 g/mol. The summed E-state index contributed by atoms with van der Waals surface area (Å²) < 4.78 is 0. The number of carbonyl (C=O) groups is 2. The van der Waals surface area contributed by atoms with Crippen LogP contribution in [0.4, 0.5) is 0 Å². The van der Waals surface area contributed by atoms with Gasteiger partial charge >= 0.3 is 0 Å². The largest absolute Gasteiger partial charge is 0.305 e. The van der Waals surface area contributed by atoms with Crippen molar-refractivity contribution in [2.45, 2.75) is 70.4 Å². The number of hydrogen-bond donors (Lipinski definition) is 1. The second-order valence-corrected chi connectivity index (χ2v) is 6.53. The topological polar surface area (TPSA) is 49.4 Å². The summed E-state index contributed by atoms with van der Waals surface area (Å²) in [6.45, 7) is 3.10. The number of nitrogens with zero attached hydrogens (tertiary/aromatic N) is 1. The van der Waals surface area contributed by atoms with E-state index < -0.39 is 0 Å². The summed E-state index contributed by atoms with van der Waals surface area (Å²) in [5.74, 6) is 0.0690. The fourth-order valence-electron chi connectivity index (χ4n) is 3.53. The molecule has 2 aliphatic carbocycles. The fourth-order valence-corrected chi connectivity index (χ4v) is 3.53. The van der Waals surface area contributed by atoms with Crippen molar-refractivity contribution >= 4 is 11.8 Å². The van der Waals surface area contributed by atoms with Crippen LogP contribution in [0.15, 0.2) is 0 Å². The van der Waals surface area contributed by atoms with Gasteiger partial charge in [-0.1, -0.05) is 19.8 Å². The first kappa shape index (κ1) is 13.1. The van der Waals surface area contributed by atoms with Crippen LogP contribution in [0.1, 0.15) is 58.3 Å². The lowest BCUT2D eigenvalue weighted by molar-refractivity contribution is -0.141. The zero-order valence-electron chi connectivity index (χ0n) is 11.8. The Balaban J connectivity index is 1.58. The van der Waals surface area contributed by atoms with Crippen molar-refractivity contribution in [1.29, 1.82) is 0 Å². The van der Waals surface area contributed by atoms with Gasteiger partial charge in [0.1, 0.15) is 0 Å². The average molecular weight is 264 g/mol. The highest BCUT2D eigenvalue weighted by atomic mass is 16.2. The van der Waals surface area contributed by atoms with Crippen LogP contribution in [-0.2, 0) is 9.59 Å². The molecule has 1 N–H and O–H groups in total. The Hall–Kier alpha value is -0.900. The maximum absolute atomic E-state index is 12.4. The highest BCUT2D eigenvalue weighted by Gasteiger charge is 2.45. The zero-order chi connectivity index (χ0) is 13.5. The number of amides is 2. The van der Waals surface area contributed by atoms with Gasteiger partial charge in [0.05, 0.1) is 12.5 Å². The predicted octanol–water partition coefficient (Wildman–Crippen LogP) is 1.84. The molecular formula is C15H24N2O2. The van der Waals surface area contributed by atoms with E-state index in [0.29, 0.717) is 11.8 Å². The molecule has 3 aliphatic rings. The first-order valence-electron chi connectivity index (χ1n) is 7.74. The second-order valence-electron chi connectivity index (χ2n) is 6.53. The summed E-state index contributed by atoms with van der Waals surface area (Å²) >= 11 is 0. The van der Waals surface area contributed by atoms with Gasteiger partial charge in [0.2, 0.25) is 11.8 Å². The lowest BCUT2D eigenvalue weighted by Gasteiger charge is -2.23. The molecule has 1 aliphatic heterocycles. The average Bonchev–Trinajstić information content (AvgIpc) is 2.88. The van der Waals surface area contributed by atoms with Gasteiger partial charge < -0.3 is 5.32 Å². The van der Waals surface area contributed by atoms with Crippen molar-refractivity contribution in [2.75, 3.05) is 6.54 Å². The van der Waals surface area contributed by atoms with Crippen molar-refractivity contribution in [1.82, 2.24) is 10.2 Å². The minimum atomic E-state index is -0.253. The second kappa shape index (κ2) is 4.89. The van der Waals surface area contributed by atoms with Crippen molar-refractivity contribution in [2.24, 2.45) is 5.41 Å². The van der Waals surface area contributed by atoms with Crippen LogP contribution in [0.2, 0.25) is 0 Å². The molecule has 0 aromatic carbocycles. The zero-order valence-corrected chi connectivity index (χ0v) is 11.8. The molecule has 1 atom stereocenters. The molecule has 0 bridgehead atoms. The van der Waals surface area contributed by atoms with E-state index in [2.05, 4.69) is 12.2 Å². The number of hydrogen-bond acceptors (Lipinski definition) is 3. The molecule has 106 valence electrons. The van der Waals surface area contributed by atoms with Gasteiger partial charge in [-0.2, -0.15) is 0 Å². The highest BCUT2D eigenvalue weighted by molar-refractivity contribution is 6.05. The minimum absolute atomic E-state index is 0.0313. The van der Waals surface area contributed by atoms with E-state index in [0.717, 1.165) is 32.2 Å². The van der Waals surface area contributed by atoms with E-state index >= 15 is 0 Å². The molecule has 19 heavy (non-hydrogen) atoms. The molecule has 1 heterocycles. The van der Waals surface area contributed by atoms with E-state index in [9.17, 15) is 9.59 Å². The monoisotopic (exact) mass is 264 g/mol. The SMILES string of the molecule is CCC1(CNC2CC(=O)N(C3CCCC3)C2=O)CC1. The molecule has 2 saturated carbocycles. The smallest absolute Gasteiger partial charge is 0.247 e. The van der Waals surface area contributed by atoms with Crippen LogP contribution in [0.5, 0.6) is 0 Å². The number of carbonyl (C=O) groups excluding carboxylic acids is 2. The number of likely N-dealkylation sites (tertiary alicyclic amines) is 1. The molecule has 0 radical (unpaired) electrons. The Morgan fingerprint density at radius 3 is 2.53 bits per heavy atom. The summed E-state index contributed by atoms with van der Waals surface area (Å²) in [5.41, 5.74) is 0.421. The van der Waals surface area contributed by atoms with E-state index in [1.54, 1.807) is 4.90 Å². The van der Waals surface area contributed by atoms with Gasteiger partial charge in [-0.15, -0.1) is 0 Å². The van der Waals surface area contributed by atoms with E-state index in [4.69, 9.17) is 0 Å². The Morgan fingerprint density at radius 2 is 1.95 bits per heavy atom. The summed E-state index contributed by atoms with van der Waals surface area (Å²) in [7, 11) is 0. The van der Waals surface area contributed by atoms with Crippen LogP contribution >= 0.6 is 0 Å². The molecule has 0 aromatic heterocycles. The maximum atomic E-state index is 12.4. The quantitative estimate of drug-likeness (QED) is 0.771. The Bertz CT molecular complexity index is 384. The normalized spacial score (nSPS) is 30.4. The Morgan fingerprint density at radius 1 is 1.26 bits per heavy atom.